The molecule has 1 aliphatic heterocycles. The maximum Gasteiger partial charge on any atom is 0.188 e. The van der Waals surface area contributed by atoms with Crippen molar-refractivity contribution in [2.75, 3.05) is 32.9 Å². The molecule has 0 unspecified atom stereocenters. The van der Waals surface area contributed by atoms with Crippen LogP contribution < -0.4 is 15.8 Å². The Morgan fingerprint density at radius 3 is 2.57 bits per heavy atom. The third-order valence-corrected chi connectivity index (χ3v) is 4.34. The van der Waals surface area contributed by atoms with Gasteiger partial charge in [0.25, 0.3) is 0 Å². The standard InChI is InChI=1S/C18H29N3O2/c1-3-11-20-17(19)21-14-18(9-12-22-13-10-18)15-5-7-16(8-6-15)23-4-2/h5-8H,3-4,9-14H2,1-2H3,(H3,19,20,21). The fourth-order valence-corrected chi connectivity index (χ4v) is 2.92. The van der Waals surface area contributed by atoms with Gasteiger partial charge in [-0.1, -0.05) is 19.1 Å². The van der Waals surface area contributed by atoms with Gasteiger partial charge in [-0.05, 0) is 43.9 Å². The summed E-state index contributed by atoms with van der Waals surface area (Å²) in [5, 5.41) is 3.14. The minimum Gasteiger partial charge on any atom is -0.494 e. The summed E-state index contributed by atoms with van der Waals surface area (Å²) in [6.45, 7) is 7.87. The van der Waals surface area contributed by atoms with Gasteiger partial charge in [0.1, 0.15) is 5.75 Å². The quantitative estimate of drug-likeness (QED) is 0.598. The van der Waals surface area contributed by atoms with E-state index in [2.05, 4.69) is 29.4 Å². The van der Waals surface area contributed by atoms with Crippen LogP contribution in [0, 0.1) is 0 Å². The van der Waals surface area contributed by atoms with Crippen molar-refractivity contribution in [3.63, 3.8) is 0 Å². The highest BCUT2D eigenvalue weighted by Gasteiger charge is 2.34. The minimum absolute atomic E-state index is 0.00150. The molecule has 128 valence electrons. The minimum atomic E-state index is 0.00150. The average molecular weight is 319 g/mol. The van der Waals surface area contributed by atoms with E-state index in [4.69, 9.17) is 15.2 Å². The number of benzene rings is 1. The first kappa shape index (κ1) is 17.6. The van der Waals surface area contributed by atoms with Gasteiger partial charge in [0.05, 0.1) is 13.2 Å². The first-order valence-corrected chi connectivity index (χ1v) is 8.55. The predicted octanol–water partition coefficient (Wildman–Crippen LogP) is 2.45. The molecule has 0 atom stereocenters. The number of guanidine groups is 1. The summed E-state index contributed by atoms with van der Waals surface area (Å²) in [6, 6.07) is 8.39. The third-order valence-electron chi connectivity index (χ3n) is 4.34. The summed E-state index contributed by atoms with van der Waals surface area (Å²) in [6.07, 6.45) is 2.96. The van der Waals surface area contributed by atoms with Gasteiger partial charge >= 0.3 is 0 Å². The van der Waals surface area contributed by atoms with E-state index in [9.17, 15) is 0 Å². The Bertz CT molecular complexity index is 493. The van der Waals surface area contributed by atoms with E-state index >= 15 is 0 Å². The number of hydrogen-bond acceptors (Lipinski definition) is 3. The Morgan fingerprint density at radius 1 is 1.26 bits per heavy atom. The fourth-order valence-electron chi connectivity index (χ4n) is 2.92. The SMILES string of the molecule is CCCNC(N)=NCC1(c2ccc(OCC)cc2)CCOCC1. The number of rotatable bonds is 7. The topological polar surface area (TPSA) is 68.9 Å². The Kier molecular flexibility index (Phi) is 6.71. The average Bonchev–Trinajstić information content (AvgIpc) is 2.60. The lowest BCUT2D eigenvalue weighted by Crippen LogP contribution is -2.39. The molecule has 23 heavy (non-hydrogen) atoms. The van der Waals surface area contributed by atoms with Crippen LogP contribution in [0.4, 0.5) is 0 Å². The molecule has 5 nitrogen and oxygen atoms in total. The molecule has 0 saturated carbocycles. The second-order valence-electron chi connectivity index (χ2n) is 5.98. The molecule has 1 saturated heterocycles. The molecule has 0 aromatic heterocycles. The number of nitrogens with one attached hydrogen (secondary N) is 1. The van der Waals surface area contributed by atoms with Gasteiger partial charge in [-0.2, -0.15) is 0 Å². The summed E-state index contributed by atoms with van der Waals surface area (Å²) >= 11 is 0. The highest BCUT2D eigenvalue weighted by Crippen LogP contribution is 2.36. The second kappa shape index (κ2) is 8.77. The van der Waals surface area contributed by atoms with Crippen LogP contribution >= 0.6 is 0 Å². The van der Waals surface area contributed by atoms with E-state index in [1.807, 2.05) is 19.1 Å². The molecule has 0 spiro atoms. The van der Waals surface area contributed by atoms with Crippen LogP contribution in [-0.4, -0.2) is 38.9 Å². The Labute approximate surface area is 139 Å². The van der Waals surface area contributed by atoms with Crippen molar-refractivity contribution >= 4 is 5.96 Å². The van der Waals surface area contributed by atoms with Crippen LogP contribution in [0.15, 0.2) is 29.3 Å². The van der Waals surface area contributed by atoms with E-state index in [0.29, 0.717) is 19.1 Å². The van der Waals surface area contributed by atoms with Crippen LogP contribution in [0.2, 0.25) is 0 Å². The van der Waals surface area contributed by atoms with Gasteiger partial charge in [0, 0.05) is 25.2 Å². The zero-order chi connectivity index (χ0) is 16.5. The molecule has 1 aromatic rings. The molecule has 0 radical (unpaired) electrons. The van der Waals surface area contributed by atoms with Crippen molar-refractivity contribution in [1.82, 2.24) is 5.32 Å². The summed E-state index contributed by atoms with van der Waals surface area (Å²) in [7, 11) is 0. The largest absolute Gasteiger partial charge is 0.494 e. The van der Waals surface area contributed by atoms with Gasteiger partial charge in [-0.15, -0.1) is 0 Å². The molecule has 1 fully saturated rings. The maximum absolute atomic E-state index is 5.97. The molecule has 1 aromatic carbocycles. The van der Waals surface area contributed by atoms with Gasteiger partial charge in [0.2, 0.25) is 0 Å². The van der Waals surface area contributed by atoms with E-state index < -0.39 is 0 Å². The maximum atomic E-state index is 5.97. The molecule has 0 amide bonds. The number of nitrogens with two attached hydrogens (primary N) is 1. The highest BCUT2D eigenvalue weighted by atomic mass is 16.5. The van der Waals surface area contributed by atoms with Crippen molar-refractivity contribution in [3.8, 4) is 5.75 Å². The fraction of sp³-hybridized carbons (Fsp3) is 0.611. The Morgan fingerprint density at radius 2 is 1.96 bits per heavy atom. The lowest BCUT2D eigenvalue weighted by atomic mass is 9.74. The first-order chi connectivity index (χ1) is 11.2. The summed E-state index contributed by atoms with van der Waals surface area (Å²) in [5.74, 6) is 1.44. The molecule has 1 heterocycles. The molecular weight excluding hydrogens is 290 g/mol. The lowest BCUT2D eigenvalue weighted by Gasteiger charge is -2.36. The summed E-state index contributed by atoms with van der Waals surface area (Å²) < 4.78 is 11.1. The van der Waals surface area contributed by atoms with Gasteiger partial charge < -0.3 is 20.5 Å². The normalized spacial score (nSPS) is 17.7. The molecule has 0 aliphatic carbocycles. The molecule has 1 aliphatic rings. The zero-order valence-corrected chi connectivity index (χ0v) is 14.3. The smallest absolute Gasteiger partial charge is 0.188 e. The van der Waals surface area contributed by atoms with Crippen LogP contribution in [0.3, 0.4) is 0 Å². The summed E-state index contributed by atoms with van der Waals surface area (Å²) in [5.41, 5.74) is 7.25. The molecule has 3 N–H and O–H groups in total. The van der Waals surface area contributed by atoms with Crippen LogP contribution in [0.5, 0.6) is 5.75 Å². The second-order valence-corrected chi connectivity index (χ2v) is 5.98. The third kappa shape index (κ3) is 4.86. The monoisotopic (exact) mass is 319 g/mol. The van der Waals surface area contributed by atoms with Crippen LogP contribution in [-0.2, 0) is 10.2 Å². The Hall–Kier alpha value is -1.75. The first-order valence-electron chi connectivity index (χ1n) is 8.55. The Balaban J connectivity index is 2.14. The van der Waals surface area contributed by atoms with Gasteiger partial charge in [0.15, 0.2) is 5.96 Å². The molecule has 0 bridgehead atoms. The van der Waals surface area contributed by atoms with Crippen LogP contribution in [0.1, 0.15) is 38.7 Å². The van der Waals surface area contributed by atoms with Gasteiger partial charge in [-0.3, -0.25) is 4.99 Å². The van der Waals surface area contributed by atoms with Crippen molar-refractivity contribution in [3.05, 3.63) is 29.8 Å². The zero-order valence-electron chi connectivity index (χ0n) is 14.3. The van der Waals surface area contributed by atoms with Gasteiger partial charge in [-0.25, -0.2) is 0 Å². The molecular formula is C18H29N3O2. The van der Waals surface area contributed by atoms with Crippen molar-refractivity contribution < 1.29 is 9.47 Å². The van der Waals surface area contributed by atoms with E-state index in [-0.39, 0.29) is 5.41 Å². The lowest BCUT2D eigenvalue weighted by molar-refractivity contribution is 0.0531. The van der Waals surface area contributed by atoms with E-state index in [1.54, 1.807) is 0 Å². The highest BCUT2D eigenvalue weighted by molar-refractivity contribution is 5.77. The predicted molar refractivity (Wildman–Crippen MR) is 94.1 cm³/mol. The van der Waals surface area contributed by atoms with E-state index in [1.165, 1.54) is 5.56 Å². The van der Waals surface area contributed by atoms with E-state index in [0.717, 1.165) is 44.8 Å². The van der Waals surface area contributed by atoms with Crippen molar-refractivity contribution in [2.45, 2.75) is 38.5 Å². The number of nitrogens with zero attached hydrogens (tertiary/aromatic N) is 1. The number of aliphatic imine (C=N–C) groups is 1. The van der Waals surface area contributed by atoms with Crippen molar-refractivity contribution in [1.29, 1.82) is 0 Å². The molecule has 2 rings (SSSR count). The number of hydrogen-bond donors (Lipinski definition) is 2. The van der Waals surface area contributed by atoms with Crippen molar-refractivity contribution in [2.24, 2.45) is 10.7 Å². The number of ether oxygens (including phenoxy) is 2. The molecule has 5 heteroatoms. The van der Waals surface area contributed by atoms with Crippen LogP contribution in [0.25, 0.3) is 0 Å². The summed E-state index contributed by atoms with van der Waals surface area (Å²) in [4.78, 5) is 4.59.